The predicted molar refractivity (Wildman–Crippen MR) is 107 cm³/mol. The van der Waals surface area contributed by atoms with Crippen molar-refractivity contribution in [2.24, 2.45) is 10.9 Å². The Hall–Kier alpha value is -1.83. The zero-order chi connectivity index (χ0) is 17.3. The number of hydrogen-bond acceptors (Lipinski definition) is 2. The van der Waals surface area contributed by atoms with Gasteiger partial charge in [-0.05, 0) is 48.4 Å². The number of hydrogen-bond donors (Lipinski definition) is 0. The molecule has 2 nitrogen and oxygen atoms in total. The quantitative estimate of drug-likeness (QED) is 0.491. The predicted octanol–water partition coefficient (Wildman–Crippen LogP) is 6.58. The first kappa shape index (κ1) is 18.0. The molecule has 1 aromatic carbocycles. The summed E-state index contributed by atoms with van der Waals surface area (Å²) in [5, 5.41) is 0. The first-order valence-electron chi connectivity index (χ1n) is 10.1. The largest absolute Gasteiger partial charge is 0.494 e. The van der Waals surface area contributed by atoms with Crippen LogP contribution in [-0.2, 0) is 0 Å². The van der Waals surface area contributed by atoms with Gasteiger partial charge < -0.3 is 4.74 Å². The third kappa shape index (κ3) is 5.32. The van der Waals surface area contributed by atoms with Crippen LogP contribution in [0.2, 0.25) is 0 Å². The second-order valence-corrected chi connectivity index (χ2v) is 7.27. The minimum atomic E-state index is 0.724. The summed E-state index contributed by atoms with van der Waals surface area (Å²) in [5.41, 5.74) is 3.78. The van der Waals surface area contributed by atoms with Crippen LogP contribution in [-0.4, -0.2) is 12.8 Å². The highest BCUT2D eigenvalue weighted by molar-refractivity contribution is 6.04. The lowest BCUT2D eigenvalue weighted by atomic mass is 9.86. The van der Waals surface area contributed by atoms with Gasteiger partial charge in [-0.2, -0.15) is 0 Å². The maximum absolute atomic E-state index is 5.85. The molecule has 1 aromatic rings. The Morgan fingerprint density at radius 1 is 1.04 bits per heavy atom. The van der Waals surface area contributed by atoms with E-state index in [4.69, 9.17) is 4.74 Å². The van der Waals surface area contributed by atoms with E-state index >= 15 is 0 Å². The summed E-state index contributed by atoms with van der Waals surface area (Å²) in [5.74, 6) is 1.69. The Morgan fingerprint density at radius 2 is 1.84 bits per heavy atom. The molecular formula is C23H31NO. The molecule has 2 aliphatic rings. The fraction of sp³-hybridized carbons (Fsp3) is 0.522. The van der Waals surface area contributed by atoms with Crippen molar-refractivity contribution in [1.82, 2.24) is 0 Å². The van der Waals surface area contributed by atoms with Crippen molar-refractivity contribution in [3.8, 4) is 5.75 Å². The minimum absolute atomic E-state index is 0.724. The molecule has 0 spiro atoms. The maximum atomic E-state index is 5.85. The van der Waals surface area contributed by atoms with Gasteiger partial charge in [-0.1, -0.05) is 63.7 Å². The number of rotatable bonds is 8. The van der Waals surface area contributed by atoms with Crippen molar-refractivity contribution in [2.45, 2.75) is 64.7 Å². The molecule has 1 aliphatic carbocycles. The third-order valence-electron chi connectivity index (χ3n) is 5.23. The van der Waals surface area contributed by atoms with Gasteiger partial charge in [-0.15, -0.1) is 0 Å². The Kier molecular flexibility index (Phi) is 6.90. The second-order valence-electron chi connectivity index (χ2n) is 7.27. The molecule has 0 amide bonds. The summed E-state index contributed by atoms with van der Waals surface area (Å²) in [4.78, 5) is 4.40. The molecule has 0 bridgehead atoms. The first-order chi connectivity index (χ1) is 12.4. The van der Waals surface area contributed by atoms with Crippen molar-refractivity contribution in [3.05, 3.63) is 47.7 Å². The molecule has 3 rings (SSSR count). The van der Waals surface area contributed by atoms with E-state index < -0.39 is 0 Å². The molecule has 1 heterocycles. The van der Waals surface area contributed by atoms with Crippen LogP contribution < -0.4 is 4.74 Å². The summed E-state index contributed by atoms with van der Waals surface area (Å²) in [6.07, 6.45) is 18.2. The number of aliphatic imine (C=N–C) groups is 1. The number of allylic oxidation sites excluding steroid dienone is 3. The molecule has 2 heteroatoms. The van der Waals surface area contributed by atoms with Crippen LogP contribution in [0.5, 0.6) is 5.75 Å². The molecule has 0 radical (unpaired) electrons. The average Bonchev–Trinajstić information content (AvgIpc) is 3.11. The van der Waals surface area contributed by atoms with E-state index in [9.17, 15) is 0 Å². The molecule has 0 atom stereocenters. The van der Waals surface area contributed by atoms with Crippen molar-refractivity contribution >= 4 is 11.8 Å². The van der Waals surface area contributed by atoms with Crippen LogP contribution in [0.25, 0.3) is 5.57 Å². The normalized spacial score (nSPS) is 19.4. The Morgan fingerprint density at radius 3 is 2.60 bits per heavy atom. The van der Waals surface area contributed by atoms with Gasteiger partial charge in [-0.3, -0.25) is 4.99 Å². The average molecular weight is 338 g/mol. The van der Waals surface area contributed by atoms with Crippen LogP contribution >= 0.6 is 0 Å². The maximum Gasteiger partial charge on any atom is 0.119 e. The summed E-state index contributed by atoms with van der Waals surface area (Å²) < 4.78 is 5.85. The number of nitrogens with zero attached hydrogens (tertiary/aromatic N) is 1. The molecular weight excluding hydrogens is 306 g/mol. The van der Waals surface area contributed by atoms with Gasteiger partial charge in [-0.25, -0.2) is 0 Å². The van der Waals surface area contributed by atoms with E-state index in [0.717, 1.165) is 24.7 Å². The molecule has 1 saturated carbocycles. The molecule has 0 aromatic heterocycles. The highest BCUT2D eigenvalue weighted by Gasteiger charge is 2.16. The van der Waals surface area contributed by atoms with Gasteiger partial charge in [0, 0.05) is 18.0 Å². The number of unbranched alkanes of at least 4 members (excludes halogenated alkanes) is 3. The van der Waals surface area contributed by atoms with Gasteiger partial charge in [0.15, 0.2) is 0 Å². The molecule has 0 saturated heterocycles. The van der Waals surface area contributed by atoms with Crippen LogP contribution in [0.3, 0.4) is 0 Å². The van der Waals surface area contributed by atoms with E-state index in [1.807, 2.05) is 12.4 Å². The van der Waals surface area contributed by atoms with E-state index in [1.165, 1.54) is 68.1 Å². The smallest absolute Gasteiger partial charge is 0.119 e. The zero-order valence-corrected chi connectivity index (χ0v) is 15.5. The van der Waals surface area contributed by atoms with E-state index in [0.29, 0.717) is 0 Å². The monoisotopic (exact) mass is 337 g/mol. The first-order valence-corrected chi connectivity index (χ1v) is 10.1. The van der Waals surface area contributed by atoms with Crippen LogP contribution in [0, 0.1) is 5.92 Å². The molecule has 25 heavy (non-hydrogen) atoms. The van der Waals surface area contributed by atoms with Crippen molar-refractivity contribution in [1.29, 1.82) is 0 Å². The van der Waals surface area contributed by atoms with Gasteiger partial charge in [0.2, 0.25) is 0 Å². The van der Waals surface area contributed by atoms with E-state index in [2.05, 4.69) is 42.3 Å². The Bertz CT molecular complexity index is 618. The lowest BCUT2D eigenvalue weighted by molar-refractivity contribution is 0.305. The van der Waals surface area contributed by atoms with E-state index in [1.54, 1.807) is 0 Å². The van der Waals surface area contributed by atoms with Crippen LogP contribution in [0.4, 0.5) is 0 Å². The van der Waals surface area contributed by atoms with Gasteiger partial charge in [0.05, 0.1) is 6.61 Å². The van der Waals surface area contributed by atoms with Crippen molar-refractivity contribution < 1.29 is 4.74 Å². The number of benzene rings is 1. The summed E-state index contributed by atoms with van der Waals surface area (Å²) in [6, 6.07) is 8.51. The topological polar surface area (TPSA) is 21.6 Å². The summed E-state index contributed by atoms with van der Waals surface area (Å²) >= 11 is 0. The van der Waals surface area contributed by atoms with Crippen LogP contribution in [0.15, 0.2) is 47.1 Å². The summed E-state index contributed by atoms with van der Waals surface area (Å²) in [7, 11) is 0. The fourth-order valence-corrected chi connectivity index (χ4v) is 3.71. The molecule has 0 unspecified atom stereocenters. The van der Waals surface area contributed by atoms with Crippen LogP contribution in [0.1, 0.15) is 70.3 Å². The van der Waals surface area contributed by atoms with E-state index in [-0.39, 0.29) is 0 Å². The summed E-state index contributed by atoms with van der Waals surface area (Å²) in [6.45, 7) is 3.05. The fourth-order valence-electron chi connectivity index (χ4n) is 3.71. The van der Waals surface area contributed by atoms with Gasteiger partial charge in [0.1, 0.15) is 5.75 Å². The third-order valence-corrected chi connectivity index (χ3v) is 5.23. The van der Waals surface area contributed by atoms with Crippen molar-refractivity contribution in [2.75, 3.05) is 6.61 Å². The van der Waals surface area contributed by atoms with Gasteiger partial charge in [0.25, 0.3) is 0 Å². The lowest BCUT2D eigenvalue weighted by Gasteiger charge is -2.19. The Labute approximate surface area is 152 Å². The standard InChI is InChI=1S/C23H31NO/c1-2-3-4-8-15-25-22-13-11-20(12-14-22)23-18-24-17-21(23)16-19-9-6-5-7-10-19/h11-14,16-19H,2-10,15H2,1H3/b21-16-. The zero-order valence-electron chi connectivity index (χ0n) is 15.5. The minimum Gasteiger partial charge on any atom is -0.494 e. The van der Waals surface area contributed by atoms with Gasteiger partial charge >= 0.3 is 0 Å². The SMILES string of the molecule is CCCCCCOc1ccc(C2=CN=C/C2=C/C2CCCCC2)cc1. The number of ether oxygens (including phenoxy) is 1. The second kappa shape index (κ2) is 9.60. The molecule has 0 N–H and O–H groups in total. The molecule has 134 valence electrons. The highest BCUT2D eigenvalue weighted by Crippen LogP contribution is 2.32. The lowest BCUT2D eigenvalue weighted by Crippen LogP contribution is -2.04. The highest BCUT2D eigenvalue weighted by atomic mass is 16.5. The molecule has 1 aliphatic heterocycles. The molecule has 1 fully saturated rings. The van der Waals surface area contributed by atoms with Crippen molar-refractivity contribution in [3.63, 3.8) is 0 Å². The Balaban J connectivity index is 1.57.